The van der Waals surface area contributed by atoms with Crippen molar-refractivity contribution in [1.29, 1.82) is 0 Å². The van der Waals surface area contributed by atoms with E-state index < -0.39 is 0 Å². The van der Waals surface area contributed by atoms with Gasteiger partial charge in [-0.2, -0.15) is 10.2 Å². The predicted octanol–water partition coefficient (Wildman–Crippen LogP) is 5.22. The molecule has 0 bridgehead atoms. The van der Waals surface area contributed by atoms with Gasteiger partial charge in [0.1, 0.15) is 11.5 Å². The maximum atomic E-state index is 14.3. The maximum absolute atomic E-state index is 14.3. The monoisotopic (exact) mass is 421 g/mol. The van der Waals surface area contributed by atoms with Gasteiger partial charge in [-0.25, -0.2) is 9.07 Å². The lowest BCUT2D eigenvalue weighted by atomic mass is 9.92. The third-order valence-electron chi connectivity index (χ3n) is 5.65. The van der Waals surface area contributed by atoms with Gasteiger partial charge in [0.05, 0.1) is 18.1 Å². The summed E-state index contributed by atoms with van der Waals surface area (Å²) in [5.41, 5.74) is 5.84. The zero-order valence-corrected chi connectivity index (χ0v) is 17.0. The largest absolute Gasteiger partial charge is 0.306 e. The van der Waals surface area contributed by atoms with Gasteiger partial charge in [-0.05, 0) is 49.1 Å². The molecule has 1 aliphatic carbocycles. The standard InChI is InChI=1S/C23H21ClFN5/c24-17-10-8-15(9-11-17)23-16(13-27-29-23)12-26-20-5-3-7-21-18(20)14-28-30(21)22-6-2-1-4-19(22)25/h1-2,4,6,8-11,13-14,20,26H,3,5,7,12H2,(H,27,29). The van der Waals surface area contributed by atoms with E-state index in [0.717, 1.165) is 47.3 Å². The topological polar surface area (TPSA) is 58.5 Å². The molecule has 0 fully saturated rings. The van der Waals surface area contributed by atoms with Gasteiger partial charge < -0.3 is 5.32 Å². The van der Waals surface area contributed by atoms with Crippen LogP contribution in [0, 0.1) is 5.82 Å². The molecular formula is C23H21ClFN5. The third-order valence-corrected chi connectivity index (χ3v) is 5.91. The summed E-state index contributed by atoms with van der Waals surface area (Å²) < 4.78 is 16.0. The van der Waals surface area contributed by atoms with Crippen LogP contribution in [0.1, 0.15) is 35.7 Å². The van der Waals surface area contributed by atoms with Gasteiger partial charge in [0, 0.05) is 34.4 Å². The lowest BCUT2D eigenvalue weighted by Crippen LogP contribution is -2.25. The number of rotatable bonds is 5. The summed E-state index contributed by atoms with van der Waals surface area (Å²) in [6, 6.07) is 14.7. The number of aromatic nitrogens is 4. The molecule has 152 valence electrons. The third kappa shape index (κ3) is 3.53. The molecule has 5 rings (SSSR count). The first-order valence-corrected chi connectivity index (χ1v) is 10.4. The van der Waals surface area contributed by atoms with E-state index in [1.165, 1.54) is 6.07 Å². The number of halogens is 2. The zero-order valence-electron chi connectivity index (χ0n) is 16.3. The van der Waals surface area contributed by atoms with Crippen LogP contribution < -0.4 is 5.32 Å². The summed E-state index contributed by atoms with van der Waals surface area (Å²) >= 11 is 6.01. The van der Waals surface area contributed by atoms with Crippen LogP contribution in [0.2, 0.25) is 5.02 Å². The quantitative estimate of drug-likeness (QED) is 0.464. The molecule has 0 amide bonds. The highest BCUT2D eigenvalue weighted by Gasteiger charge is 2.25. The van der Waals surface area contributed by atoms with Crippen molar-refractivity contribution in [3.8, 4) is 16.9 Å². The van der Waals surface area contributed by atoms with Crippen LogP contribution in [0.15, 0.2) is 60.9 Å². The molecule has 0 spiro atoms. The number of para-hydroxylation sites is 1. The Hall–Kier alpha value is -2.96. The van der Waals surface area contributed by atoms with Crippen molar-refractivity contribution >= 4 is 11.6 Å². The van der Waals surface area contributed by atoms with Crippen LogP contribution in [0.3, 0.4) is 0 Å². The van der Waals surface area contributed by atoms with Crippen LogP contribution in [0.5, 0.6) is 0 Å². The molecule has 7 heteroatoms. The number of H-pyrrole nitrogens is 1. The van der Waals surface area contributed by atoms with E-state index in [9.17, 15) is 4.39 Å². The minimum atomic E-state index is -0.260. The second-order valence-electron chi connectivity index (χ2n) is 7.51. The van der Waals surface area contributed by atoms with Gasteiger partial charge in [-0.3, -0.25) is 5.10 Å². The highest BCUT2D eigenvalue weighted by Crippen LogP contribution is 2.32. The molecular weight excluding hydrogens is 401 g/mol. The molecule has 0 saturated heterocycles. The van der Waals surface area contributed by atoms with Crippen LogP contribution in [0.25, 0.3) is 16.9 Å². The van der Waals surface area contributed by atoms with Crippen molar-refractivity contribution in [2.45, 2.75) is 31.8 Å². The molecule has 0 saturated carbocycles. The maximum Gasteiger partial charge on any atom is 0.148 e. The first-order chi connectivity index (χ1) is 14.7. The van der Waals surface area contributed by atoms with Gasteiger partial charge >= 0.3 is 0 Å². The fourth-order valence-electron chi connectivity index (χ4n) is 4.14. The van der Waals surface area contributed by atoms with Crippen LogP contribution >= 0.6 is 11.6 Å². The minimum Gasteiger partial charge on any atom is -0.306 e. The van der Waals surface area contributed by atoms with E-state index in [1.807, 2.05) is 42.7 Å². The molecule has 2 heterocycles. The van der Waals surface area contributed by atoms with Crippen molar-refractivity contribution < 1.29 is 4.39 Å². The normalized spacial score (nSPS) is 15.9. The predicted molar refractivity (Wildman–Crippen MR) is 115 cm³/mol. The summed E-state index contributed by atoms with van der Waals surface area (Å²) in [6.07, 6.45) is 6.66. The molecule has 1 atom stereocenters. The molecule has 0 radical (unpaired) electrons. The fraction of sp³-hybridized carbons (Fsp3) is 0.217. The summed E-state index contributed by atoms with van der Waals surface area (Å²) in [5, 5.41) is 16.2. The molecule has 2 aromatic carbocycles. The van der Waals surface area contributed by atoms with Gasteiger partial charge in [-0.15, -0.1) is 0 Å². The van der Waals surface area contributed by atoms with E-state index in [-0.39, 0.29) is 11.9 Å². The smallest absolute Gasteiger partial charge is 0.148 e. The highest BCUT2D eigenvalue weighted by molar-refractivity contribution is 6.30. The number of hydrogen-bond donors (Lipinski definition) is 2. The van der Waals surface area contributed by atoms with E-state index in [1.54, 1.807) is 16.8 Å². The lowest BCUT2D eigenvalue weighted by molar-refractivity contribution is 0.454. The number of nitrogens with one attached hydrogen (secondary N) is 2. The van der Waals surface area contributed by atoms with E-state index in [2.05, 4.69) is 20.6 Å². The fourth-order valence-corrected chi connectivity index (χ4v) is 4.27. The van der Waals surface area contributed by atoms with Crippen molar-refractivity contribution in [2.75, 3.05) is 0 Å². The molecule has 2 N–H and O–H groups in total. The number of fused-ring (bicyclic) bond motifs is 1. The molecule has 1 unspecified atom stereocenters. The molecule has 4 aromatic rings. The summed E-state index contributed by atoms with van der Waals surface area (Å²) in [5.74, 6) is -0.260. The summed E-state index contributed by atoms with van der Waals surface area (Å²) in [4.78, 5) is 0. The summed E-state index contributed by atoms with van der Waals surface area (Å²) in [7, 11) is 0. The van der Waals surface area contributed by atoms with E-state index >= 15 is 0 Å². The number of hydrogen-bond acceptors (Lipinski definition) is 3. The Bertz CT molecular complexity index is 1160. The Balaban J connectivity index is 1.37. The van der Waals surface area contributed by atoms with Crippen molar-refractivity contribution in [3.63, 3.8) is 0 Å². The second-order valence-corrected chi connectivity index (χ2v) is 7.95. The summed E-state index contributed by atoms with van der Waals surface area (Å²) in [6.45, 7) is 0.670. The van der Waals surface area contributed by atoms with Crippen molar-refractivity contribution in [3.05, 3.63) is 88.6 Å². The minimum absolute atomic E-state index is 0.169. The average Bonchev–Trinajstić information content (AvgIpc) is 3.40. The van der Waals surface area contributed by atoms with Gasteiger partial charge in [0.2, 0.25) is 0 Å². The number of nitrogens with zero attached hydrogens (tertiary/aromatic N) is 3. The van der Waals surface area contributed by atoms with E-state index in [4.69, 9.17) is 11.6 Å². The first kappa shape index (κ1) is 19.0. The van der Waals surface area contributed by atoms with Crippen LogP contribution in [0.4, 0.5) is 4.39 Å². The van der Waals surface area contributed by atoms with Crippen molar-refractivity contribution in [1.82, 2.24) is 25.3 Å². The molecule has 2 aromatic heterocycles. The highest BCUT2D eigenvalue weighted by atomic mass is 35.5. The Morgan fingerprint density at radius 3 is 2.80 bits per heavy atom. The van der Waals surface area contributed by atoms with Gasteiger partial charge in [0.25, 0.3) is 0 Å². The Kier molecular flexibility index (Phi) is 5.11. The Morgan fingerprint density at radius 1 is 1.13 bits per heavy atom. The Morgan fingerprint density at radius 2 is 1.97 bits per heavy atom. The number of benzene rings is 2. The zero-order chi connectivity index (χ0) is 20.5. The van der Waals surface area contributed by atoms with Gasteiger partial charge in [-0.1, -0.05) is 35.9 Å². The van der Waals surface area contributed by atoms with Crippen LogP contribution in [-0.2, 0) is 13.0 Å². The second kappa shape index (κ2) is 8.05. The van der Waals surface area contributed by atoms with Crippen LogP contribution in [-0.4, -0.2) is 20.0 Å². The van der Waals surface area contributed by atoms with Crippen molar-refractivity contribution in [2.24, 2.45) is 0 Å². The SMILES string of the molecule is Fc1ccccc1-n1ncc2c1CCCC2NCc1cn[nH]c1-c1ccc(Cl)cc1. The average molecular weight is 422 g/mol. The molecule has 30 heavy (non-hydrogen) atoms. The lowest BCUT2D eigenvalue weighted by Gasteiger charge is -2.24. The number of aromatic amines is 1. The molecule has 0 aliphatic heterocycles. The van der Waals surface area contributed by atoms with E-state index in [0.29, 0.717) is 17.3 Å². The first-order valence-electron chi connectivity index (χ1n) is 10.0. The Labute approximate surface area is 178 Å². The van der Waals surface area contributed by atoms with Gasteiger partial charge in [0.15, 0.2) is 0 Å². The molecule has 1 aliphatic rings. The molecule has 5 nitrogen and oxygen atoms in total.